The molecule has 4 nitrogen and oxygen atoms in total. The Labute approximate surface area is 90.8 Å². The molecule has 0 unspecified atom stereocenters. The standard InChI is InChI=1S/C11H20N2O2/c1-13-7-3-9(4-8-13)15-10(14)11(12)5-2-6-11/h9H,2-8,12H2,1H3. The molecule has 0 radical (unpaired) electrons. The Kier molecular flexibility index (Phi) is 2.98. The fourth-order valence-corrected chi connectivity index (χ4v) is 2.13. The third kappa shape index (κ3) is 2.32. The molecule has 0 amide bonds. The van der Waals surface area contributed by atoms with Crippen LogP contribution in [-0.2, 0) is 9.53 Å². The van der Waals surface area contributed by atoms with Crippen molar-refractivity contribution in [2.75, 3.05) is 20.1 Å². The number of nitrogens with zero attached hydrogens (tertiary/aromatic N) is 1. The zero-order valence-corrected chi connectivity index (χ0v) is 9.37. The summed E-state index contributed by atoms with van der Waals surface area (Å²) in [7, 11) is 2.09. The van der Waals surface area contributed by atoms with Crippen molar-refractivity contribution in [2.45, 2.75) is 43.7 Å². The molecule has 0 bridgehead atoms. The quantitative estimate of drug-likeness (QED) is 0.677. The van der Waals surface area contributed by atoms with Crippen LogP contribution in [0.25, 0.3) is 0 Å². The monoisotopic (exact) mass is 212 g/mol. The highest BCUT2D eigenvalue weighted by Crippen LogP contribution is 2.31. The predicted molar refractivity (Wildman–Crippen MR) is 57.4 cm³/mol. The molecule has 1 aliphatic heterocycles. The third-order valence-electron chi connectivity index (χ3n) is 3.59. The second-order valence-electron chi connectivity index (χ2n) is 4.92. The van der Waals surface area contributed by atoms with Crippen molar-refractivity contribution in [1.82, 2.24) is 4.90 Å². The van der Waals surface area contributed by atoms with Crippen molar-refractivity contribution in [3.05, 3.63) is 0 Å². The zero-order chi connectivity index (χ0) is 10.9. The van der Waals surface area contributed by atoms with Gasteiger partial charge in [-0.2, -0.15) is 0 Å². The fraction of sp³-hybridized carbons (Fsp3) is 0.909. The minimum Gasteiger partial charge on any atom is -0.461 e. The van der Waals surface area contributed by atoms with Gasteiger partial charge in [0.25, 0.3) is 0 Å². The Hall–Kier alpha value is -0.610. The number of piperidine rings is 1. The number of carbonyl (C=O) groups excluding carboxylic acids is 1. The molecular formula is C11H20N2O2. The lowest BCUT2D eigenvalue weighted by Crippen LogP contribution is -2.55. The molecule has 0 aromatic rings. The Balaban J connectivity index is 1.79. The average Bonchev–Trinajstić information content (AvgIpc) is 2.18. The lowest BCUT2D eigenvalue weighted by Gasteiger charge is -2.37. The van der Waals surface area contributed by atoms with Crippen LogP contribution in [-0.4, -0.2) is 42.6 Å². The van der Waals surface area contributed by atoms with Gasteiger partial charge in [-0.15, -0.1) is 0 Å². The van der Waals surface area contributed by atoms with Gasteiger partial charge in [-0.25, -0.2) is 0 Å². The molecular weight excluding hydrogens is 192 g/mol. The van der Waals surface area contributed by atoms with Crippen LogP contribution in [0.15, 0.2) is 0 Å². The third-order valence-corrected chi connectivity index (χ3v) is 3.59. The second kappa shape index (κ2) is 4.10. The van der Waals surface area contributed by atoms with E-state index in [-0.39, 0.29) is 12.1 Å². The lowest BCUT2D eigenvalue weighted by molar-refractivity contribution is -0.161. The molecule has 1 heterocycles. The molecule has 2 rings (SSSR count). The van der Waals surface area contributed by atoms with Gasteiger partial charge in [0.05, 0.1) is 0 Å². The number of carbonyl (C=O) groups is 1. The molecule has 2 N–H and O–H groups in total. The molecule has 1 aliphatic carbocycles. The first-order chi connectivity index (χ1) is 7.10. The summed E-state index contributed by atoms with van der Waals surface area (Å²) in [6, 6.07) is 0. The Morgan fingerprint density at radius 3 is 2.47 bits per heavy atom. The summed E-state index contributed by atoms with van der Waals surface area (Å²) in [4.78, 5) is 14.0. The smallest absolute Gasteiger partial charge is 0.326 e. The number of likely N-dealkylation sites (tertiary alicyclic amines) is 1. The molecule has 0 aromatic heterocycles. The van der Waals surface area contributed by atoms with E-state index in [1.54, 1.807) is 0 Å². The van der Waals surface area contributed by atoms with Crippen molar-refractivity contribution >= 4 is 5.97 Å². The van der Waals surface area contributed by atoms with Crippen LogP contribution in [0.3, 0.4) is 0 Å². The SMILES string of the molecule is CN1CCC(OC(=O)C2(N)CCC2)CC1. The summed E-state index contributed by atoms with van der Waals surface area (Å²) >= 11 is 0. The van der Waals surface area contributed by atoms with Crippen molar-refractivity contribution in [3.8, 4) is 0 Å². The maximum absolute atomic E-state index is 11.7. The predicted octanol–water partition coefficient (Wildman–Crippen LogP) is 0.505. The number of hydrogen-bond acceptors (Lipinski definition) is 4. The Bertz CT molecular complexity index is 243. The van der Waals surface area contributed by atoms with Gasteiger partial charge in [-0.05, 0) is 39.2 Å². The summed E-state index contributed by atoms with van der Waals surface area (Å²) in [5.41, 5.74) is 5.26. The number of ether oxygens (including phenoxy) is 1. The van der Waals surface area contributed by atoms with Gasteiger partial charge < -0.3 is 15.4 Å². The maximum Gasteiger partial charge on any atom is 0.326 e. The summed E-state index contributed by atoms with van der Waals surface area (Å²) in [5, 5.41) is 0. The second-order valence-corrected chi connectivity index (χ2v) is 4.92. The van der Waals surface area contributed by atoms with Gasteiger partial charge in [-0.1, -0.05) is 0 Å². The summed E-state index contributed by atoms with van der Waals surface area (Å²) < 4.78 is 5.46. The topological polar surface area (TPSA) is 55.6 Å². The van der Waals surface area contributed by atoms with Crippen LogP contribution in [0.5, 0.6) is 0 Å². The van der Waals surface area contributed by atoms with E-state index >= 15 is 0 Å². The Morgan fingerprint density at radius 1 is 1.40 bits per heavy atom. The minimum atomic E-state index is -0.649. The number of hydrogen-bond donors (Lipinski definition) is 1. The van der Waals surface area contributed by atoms with Gasteiger partial charge in [0, 0.05) is 13.1 Å². The first-order valence-electron chi connectivity index (χ1n) is 5.79. The molecule has 15 heavy (non-hydrogen) atoms. The summed E-state index contributed by atoms with van der Waals surface area (Å²) in [5.74, 6) is -0.177. The molecule has 2 aliphatic rings. The van der Waals surface area contributed by atoms with Gasteiger partial charge in [-0.3, -0.25) is 4.79 Å². The van der Waals surface area contributed by atoms with Crippen LogP contribution in [0, 0.1) is 0 Å². The molecule has 4 heteroatoms. The van der Waals surface area contributed by atoms with Crippen LogP contribution in [0.1, 0.15) is 32.1 Å². The maximum atomic E-state index is 11.7. The van der Waals surface area contributed by atoms with Crippen LogP contribution in [0.4, 0.5) is 0 Å². The van der Waals surface area contributed by atoms with E-state index in [4.69, 9.17) is 10.5 Å². The van der Waals surface area contributed by atoms with Gasteiger partial charge in [0.15, 0.2) is 0 Å². The van der Waals surface area contributed by atoms with E-state index in [9.17, 15) is 4.79 Å². The molecule has 86 valence electrons. The zero-order valence-electron chi connectivity index (χ0n) is 9.37. The minimum absolute atomic E-state index is 0.0923. The highest BCUT2D eigenvalue weighted by molar-refractivity contribution is 5.81. The van der Waals surface area contributed by atoms with E-state index in [1.807, 2.05) is 0 Å². The summed E-state index contributed by atoms with van der Waals surface area (Å²) in [6.07, 6.45) is 4.61. The number of rotatable bonds is 2. The average molecular weight is 212 g/mol. The first kappa shape index (κ1) is 10.9. The first-order valence-corrected chi connectivity index (χ1v) is 5.79. The van der Waals surface area contributed by atoms with E-state index in [0.717, 1.165) is 45.2 Å². The Morgan fingerprint density at radius 2 is 2.00 bits per heavy atom. The van der Waals surface area contributed by atoms with Crippen LogP contribution < -0.4 is 5.73 Å². The highest BCUT2D eigenvalue weighted by atomic mass is 16.5. The molecule has 1 saturated heterocycles. The number of nitrogens with two attached hydrogens (primary N) is 1. The van der Waals surface area contributed by atoms with Crippen molar-refractivity contribution in [2.24, 2.45) is 5.73 Å². The van der Waals surface area contributed by atoms with E-state index in [1.165, 1.54) is 0 Å². The normalized spacial score (nSPS) is 27.1. The lowest BCUT2D eigenvalue weighted by atomic mass is 9.78. The molecule has 0 atom stereocenters. The largest absolute Gasteiger partial charge is 0.461 e. The molecule has 1 saturated carbocycles. The summed E-state index contributed by atoms with van der Waals surface area (Å²) in [6.45, 7) is 2.02. The van der Waals surface area contributed by atoms with Gasteiger partial charge >= 0.3 is 5.97 Å². The van der Waals surface area contributed by atoms with Crippen LogP contribution in [0.2, 0.25) is 0 Å². The number of esters is 1. The molecule has 0 aromatic carbocycles. The fourth-order valence-electron chi connectivity index (χ4n) is 2.13. The van der Waals surface area contributed by atoms with E-state index in [0.29, 0.717) is 0 Å². The van der Waals surface area contributed by atoms with Gasteiger partial charge in [0.2, 0.25) is 0 Å². The highest BCUT2D eigenvalue weighted by Gasteiger charge is 2.42. The van der Waals surface area contributed by atoms with Crippen molar-refractivity contribution < 1.29 is 9.53 Å². The van der Waals surface area contributed by atoms with Gasteiger partial charge in [0.1, 0.15) is 11.6 Å². The van der Waals surface area contributed by atoms with E-state index < -0.39 is 5.54 Å². The molecule has 0 spiro atoms. The van der Waals surface area contributed by atoms with E-state index in [2.05, 4.69) is 11.9 Å². The van der Waals surface area contributed by atoms with Crippen LogP contribution >= 0.6 is 0 Å². The van der Waals surface area contributed by atoms with Crippen molar-refractivity contribution in [3.63, 3.8) is 0 Å². The van der Waals surface area contributed by atoms with Crippen molar-refractivity contribution in [1.29, 1.82) is 0 Å². The molecule has 2 fully saturated rings.